The number of carbonyl (C=O) groups is 3. The van der Waals surface area contributed by atoms with E-state index in [1.54, 1.807) is 0 Å². The molecule has 0 spiro atoms. The van der Waals surface area contributed by atoms with Crippen molar-refractivity contribution in [1.82, 2.24) is 5.32 Å². The average molecular weight is 964 g/mol. The highest BCUT2D eigenvalue weighted by molar-refractivity contribution is 5.68. The molecule has 366 valence electrons. The number of alkyl carbamates (subject to hydrolysis) is 1. The van der Waals surface area contributed by atoms with Gasteiger partial charge in [-0.2, -0.15) is 0 Å². The maximum absolute atomic E-state index is 12.1. The number of nitrogens with one attached hydrogen (secondary N) is 1. The van der Waals surface area contributed by atoms with Gasteiger partial charge in [0, 0.05) is 75.9 Å². The molecule has 72 heavy (non-hydrogen) atoms. The number of aliphatic hydroxyl groups excluding tert-OH is 1. The van der Waals surface area contributed by atoms with Crippen LogP contribution >= 0.6 is 0 Å². The van der Waals surface area contributed by atoms with Gasteiger partial charge in [0.05, 0.1) is 26.4 Å². The second-order valence-electron chi connectivity index (χ2n) is 16.7. The summed E-state index contributed by atoms with van der Waals surface area (Å²) in [5.74, 6) is 19.2. The molecule has 0 aliphatic heterocycles. The smallest absolute Gasteiger partial charge is 0.441 e. The zero-order valence-electron chi connectivity index (χ0n) is 40.5. The first-order valence-corrected chi connectivity index (χ1v) is 24.2. The van der Waals surface area contributed by atoms with Crippen molar-refractivity contribution in [2.45, 2.75) is 64.3 Å². The lowest BCUT2D eigenvalue weighted by atomic mass is 9.92. The second-order valence-corrected chi connectivity index (χ2v) is 16.7. The predicted octanol–water partition coefficient (Wildman–Crippen LogP) is 10.9. The number of benzene rings is 6. The number of fused-ring (bicyclic) bond motifs is 6. The Morgan fingerprint density at radius 3 is 1.22 bits per heavy atom. The molecule has 1 amide bonds. The van der Waals surface area contributed by atoms with Crippen molar-refractivity contribution in [2.24, 2.45) is 0 Å². The van der Waals surface area contributed by atoms with Gasteiger partial charge in [0.2, 0.25) is 0 Å². The number of hydrogen-bond donors (Lipinski definition) is 2. The molecule has 0 fully saturated rings. The first kappa shape index (κ1) is 51.6. The maximum atomic E-state index is 12.1. The average Bonchev–Trinajstić information content (AvgIpc) is 3.39. The summed E-state index contributed by atoms with van der Waals surface area (Å²) in [6.45, 7) is 5.37. The Labute approximate surface area is 421 Å². The first-order chi connectivity index (χ1) is 35.3. The van der Waals surface area contributed by atoms with E-state index in [1.807, 2.05) is 159 Å². The topological polar surface area (TPSA) is 139 Å². The molecule has 11 heteroatoms. The molecule has 2 N–H and O–H groups in total. The molecule has 3 aliphatic carbocycles. The SMILES string of the molecule is CCCNC(=O)OC1Cc2ccccc2C#Cc2ccccc21.CCCOC(=O)OC1Cc2ccccc2C#Cc2ccccc21.O=C(OCCOCCO)OC1Cc2ccccc2C#Cc2ccccc21. The van der Waals surface area contributed by atoms with Crippen LogP contribution in [0.5, 0.6) is 0 Å². The Bertz CT molecular complexity index is 2870. The summed E-state index contributed by atoms with van der Waals surface area (Å²) in [6.07, 6.45) is 0.425. The lowest BCUT2D eigenvalue weighted by molar-refractivity contribution is 0.000833. The molecule has 3 unspecified atom stereocenters. The van der Waals surface area contributed by atoms with E-state index in [-0.39, 0.29) is 38.6 Å². The van der Waals surface area contributed by atoms with Crippen LogP contribution in [-0.2, 0) is 47.7 Å². The van der Waals surface area contributed by atoms with Crippen molar-refractivity contribution in [3.8, 4) is 35.5 Å². The molecule has 9 rings (SSSR count). The highest BCUT2D eigenvalue weighted by atomic mass is 16.7. The third-order valence-corrected chi connectivity index (χ3v) is 11.5. The van der Waals surface area contributed by atoms with Gasteiger partial charge in [0.1, 0.15) is 24.9 Å². The zero-order chi connectivity index (χ0) is 50.3. The van der Waals surface area contributed by atoms with E-state index in [0.717, 1.165) is 79.6 Å². The van der Waals surface area contributed by atoms with Gasteiger partial charge in [-0.15, -0.1) is 0 Å². The van der Waals surface area contributed by atoms with Crippen LogP contribution in [0.4, 0.5) is 14.4 Å². The summed E-state index contributed by atoms with van der Waals surface area (Å²) in [5.41, 5.74) is 11.5. The van der Waals surface area contributed by atoms with Gasteiger partial charge in [-0.3, -0.25) is 0 Å². The highest BCUT2D eigenvalue weighted by Gasteiger charge is 2.25. The third kappa shape index (κ3) is 14.9. The lowest BCUT2D eigenvalue weighted by Gasteiger charge is -2.22. The summed E-state index contributed by atoms with van der Waals surface area (Å²) >= 11 is 0. The number of aliphatic hydroxyl groups is 1. The van der Waals surface area contributed by atoms with Crippen LogP contribution in [0.15, 0.2) is 146 Å². The van der Waals surface area contributed by atoms with Crippen LogP contribution in [-0.4, -0.2) is 63.1 Å². The van der Waals surface area contributed by atoms with E-state index in [9.17, 15) is 14.4 Å². The molecule has 0 radical (unpaired) electrons. The van der Waals surface area contributed by atoms with Crippen molar-refractivity contribution < 1.29 is 47.9 Å². The Kier molecular flexibility index (Phi) is 19.5. The minimum atomic E-state index is -0.747. The molecule has 0 heterocycles. The van der Waals surface area contributed by atoms with Crippen LogP contribution < -0.4 is 5.32 Å². The standard InChI is InChI=1S/C21H20O5.C20H19NO2.C20H18O3/c22-11-12-24-13-14-25-21(23)26-20-15-18-7-2-1-5-16(18)9-10-17-6-3-4-8-19(17)20;1-2-13-21-20(22)23-19-14-17-9-4-3-7-15(17)11-12-16-8-5-6-10-18(16)19;1-2-13-22-20(21)23-19-14-17-9-4-3-7-15(17)11-12-16-8-5-6-10-18(16)19/h1-8,20,22H,11-15H2;3-10,19H,2,13-14H2,1H3,(H,21,22);3-10,19H,2,13-14H2,1H3. The normalized spacial score (nSPS) is 15.0. The van der Waals surface area contributed by atoms with Crippen molar-refractivity contribution in [2.75, 3.05) is 39.6 Å². The van der Waals surface area contributed by atoms with Gasteiger partial charge in [-0.25, -0.2) is 14.4 Å². The van der Waals surface area contributed by atoms with Crippen molar-refractivity contribution in [1.29, 1.82) is 0 Å². The van der Waals surface area contributed by atoms with E-state index >= 15 is 0 Å². The summed E-state index contributed by atoms with van der Waals surface area (Å²) < 4.78 is 32.1. The second kappa shape index (κ2) is 27.2. The van der Waals surface area contributed by atoms with E-state index in [0.29, 0.717) is 32.4 Å². The van der Waals surface area contributed by atoms with E-state index < -0.39 is 24.5 Å². The molecule has 0 saturated carbocycles. The maximum Gasteiger partial charge on any atom is 0.508 e. The third-order valence-electron chi connectivity index (χ3n) is 11.5. The fourth-order valence-corrected chi connectivity index (χ4v) is 8.02. The zero-order valence-corrected chi connectivity index (χ0v) is 40.5. The molecule has 0 saturated heterocycles. The molecular formula is C61H57NO10. The van der Waals surface area contributed by atoms with Crippen LogP contribution in [0.25, 0.3) is 0 Å². The van der Waals surface area contributed by atoms with Gasteiger partial charge in [-0.05, 0) is 65.9 Å². The molecule has 6 aromatic carbocycles. The largest absolute Gasteiger partial charge is 0.508 e. The van der Waals surface area contributed by atoms with Crippen molar-refractivity contribution in [3.05, 3.63) is 212 Å². The first-order valence-electron chi connectivity index (χ1n) is 24.2. The van der Waals surface area contributed by atoms with Gasteiger partial charge in [0.15, 0.2) is 0 Å². The molecule has 11 nitrogen and oxygen atoms in total. The fourth-order valence-electron chi connectivity index (χ4n) is 8.02. The summed E-state index contributed by atoms with van der Waals surface area (Å²) in [4.78, 5) is 36.0. The minimum Gasteiger partial charge on any atom is -0.441 e. The molecule has 6 aromatic rings. The van der Waals surface area contributed by atoms with Crippen molar-refractivity contribution >= 4 is 18.4 Å². The Morgan fingerprint density at radius 2 is 0.819 bits per heavy atom. The predicted molar refractivity (Wildman–Crippen MR) is 274 cm³/mol. The molecule has 0 aromatic heterocycles. The van der Waals surface area contributed by atoms with Crippen molar-refractivity contribution in [3.63, 3.8) is 0 Å². The van der Waals surface area contributed by atoms with Crippen LogP contribution in [0.3, 0.4) is 0 Å². The van der Waals surface area contributed by atoms with E-state index in [2.05, 4.69) is 40.8 Å². The van der Waals surface area contributed by atoms with Crippen LogP contribution in [0.1, 0.15) is 112 Å². The molecule has 0 bridgehead atoms. The summed E-state index contributed by atoms with van der Waals surface area (Å²) in [7, 11) is 0. The minimum absolute atomic E-state index is 0.0657. The number of rotatable bonds is 12. The number of amides is 1. The van der Waals surface area contributed by atoms with Crippen LogP contribution in [0, 0.1) is 35.5 Å². The number of hydrogen-bond acceptors (Lipinski definition) is 10. The molecule has 3 aliphatic rings. The molecule has 3 atom stereocenters. The highest BCUT2D eigenvalue weighted by Crippen LogP contribution is 2.31. The fraction of sp³-hybridized carbons (Fsp3) is 0.262. The van der Waals surface area contributed by atoms with Crippen LogP contribution in [0.2, 0.25) is 0 Å². The Hall–Kier alpha value is -8.27. The summed E-state index contributed by atoms with van der Waals surface area (Å²) in [5, 5.41) is 11.4. The van der Waals surface area contributed by atoms with Gasteiger partial charge in [0.25, 0.3) is 0 Å². The van der Waals surface area contributed by atoms with Gasteiger partial charge >= 0.3 is 18.4 Å². The Morgan fingerprint density at radius 1 is 0.458 bits per heavy atom. The van der Waals surface area contributed by atoms with E-state index in [1.165, 1.54) is 0 Å². The number of carbonyl (C=O) groups excluding carboxylic acids is 3. The van der Waals surface area contributed by atoms with E-state index in [4.69, 9.17) is 33.5 Å². The van der Waals surface area contributed by atoms with Gasteiger partial charge < -0.3 is 38.8 Å². The quantitative estimate of drug-likeness (QED) is 0.0527. The lowest BCUT2D eigenvalue weighted by Crippen LogP contribution is -2.27. The monoisotopic (exact) mass is 963 g/mol. The summed E-state index contributed by atoms with van der Waals surface area (Å²) in [6, 6.07) is 47.1. The van der Waals surface area contributed by atoms with Gasteiger partial charge in [-0.1, -0.05) is 159 Å². The number of ether oxygens (including phenoxy) is 6. The molecular weight excluding hydrogens is 907 g/mol. The Balaban J connectivity index is 0.000000159.